The molecule has 0 spiro atoms. The minimum absolute atomic E-state index is 0.0726. The molecule has 0 saturated carbocycles. The Morgan fingerprint density at radius 2 is 2.38 bits per heavy atom. The number of nitriles is 1. The summed E-state index contributed by atoms with van der Waals surface area (Å²) in [4.78, 5) is 4.22. The molecule has 1 aliphatic rings. The van der Waals surface area contributed by atoms with Crippen molar-refractivity contribution in [1.29, 1.82) is 5.26 Å². The van der Waals surface area contributed by atoms with E-state index in [-0.39, 0.29) is 6.10 Å². The summed E-state index contributed by atoms with van der Waals surface area (Å²) in [5.74, 6) is 1.17. The van der Waals surface area contributed by atoms with E-state index in [2.05, 4.69) is 21.5 Å². The van der Waals surface area contributed by atoms with Crippen LogP contribution < -0.4 is 5.32 Å². The van der Waals surface area contributed by atoms with Crippen LogP contribution in [0.15, 0.2) is 30.6 Å². The van der Waals surface area contributed by atoms with E-state index in [9.17, 15) is 0 Å². The van der Waals surface area contributed by atoms with Gasteiger partial charge in [-0.2, -0.15) is 10.4 Å². The maximum atomic E-state index is 8.76. The summed E-state index contributed by atoms with van der Waals surface area (Å²) >= 11 is 0. The molecule has 2 aromatic rings. The Bertz CT molecular complexity index is 643. The molecule has 0 amide bonds. The molecule has 3 rings (SSSR count). The molecule has 0 bridgehead atoms. The van der Waals surface area contributed by atoms with Crippen molar-refractivity contribution in [3.05, 3.63) is 41.9 Å². The zero-order valence-electron chi connectivity index (χ0n) is 11.9. The van der Waals surface area contributed by atoms with E-state index in [4.69, 9.17) is 10.00 Å². The average Bonchev–Trinajstić information content (AvgIpc) is 3.13. The van der Waals surface area contributed by atoms with Crippen molar-refractivity contribution in [3.8, 4) is 6.07 Å². The van der Waals surface area contributed by atoms with Gasteiger partial charge in [-0.25, -0.2) is 4.98 Å². The highest BCUT2D eigenvalue weighted by atomic mass is 16.5. The van der Waals surface area contributed by atoms with Crippen molar-refractivity contribution in [3.63, 3.8) is 0 Å². The lowest BCUT2D eigenvalue weighted by molar-refractivity contribution is 0.0866. The molecule has 1 fully saturated rings. The summed E-state index contributed by atoms with van der Waals surface area (Å²) in [5, 5.41) is 16.3. The van der Waals surface area contributed by atoms with E-state index in [1.54, 1.807) is 18.5 Å². The number of nitrogens with zero attached hydrogens (tertiary/aromatic N) is 4. The first kappa shape index (κ1) is 13.6. The molecule has 0 unspecified atom stereocenters. The smallest absolute Gasteiger partial charge is 0.125 e. The summed E-state index contributed by atoms with van der Waals surface area (Å²) in [7, 11) is 1.93. The number of aryl methyl sites for hydroxylation is 1. The highest BCUT2D eigenvalue weighted by Crippen LogP contribution is 2.34. The third kappa shape index (κ3) is 2.88. The standard InChI is InChI=1S/C15H17N5O/c1-20-13(4-6-19-20)15-12(5-7-21-15)10-18-14-3-2-11(8-16)9-17-14/h2-4,6,9,12,15H,5,7,10H2,1H3,(H,17,18)/t12-,15+/m0/s1. The molecule has 6 nitrogen and oxygen atoms in total. The number of ether oxygens (including phenoxy) is 1. The Morgan fingerprint density at radius 1 is 1.48 bits per heavy atom. The van der Waals surface area contributed by atoms with Gasteiger partial charge in [0.05, 0.1) is 11.3 Å². The minimum Gasteiger partial charge on any atom is -0.372 e. The van der Waals surface area contributed by atoms with Crippen LogP contribution in [0.5, 0.6) is 0 Å². The van der Waals surface area contributed by atoms with Gasteiger partial charge in [-0.3, -0.25) is 4.68 Å². The molecule has 1 aliphatic heterocycles. The highest BCUT2D eigenvalue weighted by Gasteiger charge is 2.31. The summed E-state index contributed by atoms with van der Waals surface area (Å²) in [5.41, 5.74) is 1.67. The molecule has 1 N–H and O–H groups in total. The van der Waals surface area contributed by atoms with E-state index in [1.165, 1.54) is 0 Å². The Labute approximate surface area is 123 Å². The number of hydrogen-bond donors (Lipinski definition) is 1. The summed E-state index contributed by atoms with van der Waals surface area (Å²) in [6.45, 7) is 1.55. The predicted octanol–water partition coefficient (Wildman–Crippen LogP) is 1.88. The van der Waals surface area contributed by atoms with E-state index < -0.39 is 0 Å². The number of aromatic nitrogens is 3. The maximum Gasteiger partial charge on any atom is 0.125 e. The van der Waals surface area contributed by atoms with Crippen LogP contribution in [0.25, 0.3) is 0 Å². The van der Waals surface area contributed by atoms with E-state index in [1.807, 2.05) is 23.9 Å². The van der Waals surface area contributed by atoms with Gasteiger partial charge in [-0.1, -0.05) is 0 Å². The first-order chi connectivity index (χ1) is 10.3. The van der Waals surface area contributed by atoms with Crippen LogP contribution in [0.1, 0.15) is 23.8 Å². The molecule has 3 heterocycles. The van der Waals surface area contributed by atoms with Gasteiger partial charge in [-0.15, -0.1) is 0 Å². The van der Waals surface area contributed by atoms with Crippen LogP contribution in [0.2, 0.25) is 0 Å². The van der Waals surface area contributed by atoms with Crippen molar-refractivity contribution >= 4 is 5.82 Å². The van der Waals surface area contributed by atoms with Crippen molar-refractivity contribution in [2.75, 3.05) is 18.5 Å². The van der Waals surface area contributed by atoms with Gasteiger partial charge >= 0.3 is 0 Å². The average molecular weight is 283 g/mol. The Hall–Kier alpha value is -2.39. The van der Waals surface area contributed by atoms with Crippen molar-refractivity contribution < 1.29 is 4.74 Å². The largest absolute Gasteiger partial charge is 0.372 e. The number of nitrogens with one attached hydrogen (secondary N) is 1. The monoisotopic (exact) mass is 283 g/mol. The van der Waals surface area contributed by atoms with Crippen molar-refractivity contribution in [2.24, 2.45) is 13.0 Å². The van der Waals surface area contributed by atoms with Gasteiger partial charge in [0.1, 0.15) is 18.0 Å². The highest BCUT2D eigenvalue weighted by molar-refractivity contribution is 5.39. The molecular weight excluding hydrogens is 266 g/mol. The topological polar surface area (TPSA) is 75.8 Å². The van der Waals surface area contributed by atoms with Crippen LogP contribution in [0.4, 0.5) is 5.82 Å². The summed E-state index contributed by atoms with van der Waals surface area (Å²) in [6.07, 6.45) is 4.46. The van der Waals surface area contributed by atoms with E-state index in [0.29, 0.717) is 11.5 Å². The van der Waals surface area contributed by atoms with E-state index >= 15 is 0 Å². The third-order valence-corrected chi connectivity index (χ3v) is 3.80. The van der Waals surface area contributed by atoms with Crippen molar-refractivity contribution in [2.45, 2.75) is 12.5 Å². The zero-order valence-corrected chi connectivity index (χ0v) is 11.9. The number of hydrogen-bond acceptors (Lipinski definition) is 5. The fraction of sp³-hybridized carbons (Fsp3) is 0.400. The molecule has 2 aromatic heterocycles. The number of rotatable bonds is 4. The first-order valence-corrected chi connectivity index (χ1v) is 6.97. The molecule has 6 heteroatoms. The zero-order chi connectivity index (χ0) is 14.7. The normalized spacial score (nSPS) is 21.1. The molecule has 1 saturated heterocycles. The lowest BCUT2D eigenvalue weighted by Gasteiger charge is -2.19. The SMILES string of the molecule is Cn1nccc1[C@@H]1OCC[C@H]1CNc1ccc(C#N)cn1. The Morgan fingerprint density at radius 3 is 3.05 bits per heavy atom. The lowest BCUT2D eigenvalue weighted by Crippen LogP contribution is -2.20. The van der Waals surface area contributed by atoms with Crippen LogP contribution in [0, 0.1) is 17.2 Å². The summed E-state index contributed by atoms with van der Waals surface area (Å²) in [6, 6.07) is 7.66. The fourth-order valence-corrected chi connectivity index (χ4v) is 2.63. The second-order valence-electron chi connectivity index (χ2n) is 5.14. The quantitative estimate of drug-likeness (QED) is 0.927. The predicted molar refractivity (Wildman–Crippen MR) is 77.4 cm³/mol. The van der Waals surface area contributed by atoms with Crippen LogP contribution >= 0.6 is 0 Å². The molecule has 0 aliphatic carbocycles. The van der Waals surface area contributed by atoms with Crippen LogP contribution in [-0.4, -0.2) is 27.9 Å². The maximum absolute atomic E-state index is 8.76. The molecule has 0 radical (unpaired) electrons. The number of pyridine rings is 1. The van der Waals surface area contributed by atoms with Gasteiger partial charge < -0.3 is 10.1 Å². The Kier molecular flexibility index (Phi) is 3.84. The lowest BCUT2D eigenvalue weighted by atomic mass is 9.99. The molecule has 108 valence electrons. The Balaban J connectivity index is 1.64. The molecular formula is C15H17N5O. The molecule has 0 aromatic carbocycles. The first-order valence-electron chi connectivity index (χ1n) is 6.97. The molecule has 2 atom stereocenters. The molecule has 21 heavy (non-hydrogen) atoms. The third-order valence-electron chi connectivity index (χ3n) is 3.80. The summed E-state index contributed by atoms with van der Waals surface area (Å²) < 4.78 is 7.72. The second kappa shape index (κ2) is 5.94. The minimum atomic E-state index is 0.0726. The van der Waals surface area contributed by atoms with E-state index in [0.717, 1.165) is 31.1 Å². The fourth-order valence-electron chi connectivity index (χ4n) is 2.63. The van der Waals surface area contributed by atoms with Gasteiger partial charge in [0, 0.05) is 38.5 Å². The second-order valence-corrected chi connectivity index (χ2v) is 5.14. The van der Waals surface area contributed by atoms with Gasteiger partial charge in [0.15, 0.2) is 0 Å². The van der Waals surface area contributed by atoms with Crippen LogP contribution in [-0.2, 0) is 11.8 Å². The van der Waals surface area contributed by atoms with Gasteiger partial charge in [0.25, 0.3) is 0 Å². The van der Waals surface area contributed by atoms with Crippen molar-refractivity contribution in [1.82, 2.24) is 14.8 Å². The van der Waals surface area contributed by atoms with Gasteiger partial charge in [0.2, 0.25) is 0 Å². The van der Waals surface area contributed by atoms with Crippen LogP contribution in [0.3, 0.4) is 0 Å². The van der Waals surface area contributed by atoms with Gasteiger partial charge in [-0.05, 0) is 24.6 Å². The number of anilines is 1.